The summed E-state index contributed by atoms with van der Waals surface area (Å²) >= 11 is 0. The van der Waals surface area contributed by atoms with E-state index in [9.17, 15) is 0 Å². The van der Waals surface area contributed by atoms with Gasteiger partial charge in [-0.2, -0.15) is 0 Å². The average molecular weight is 864 g/mol. The van der Waals surface area contributed by atoms with Crippen LogP contribution in [0, 0.1) is 46.8 Å². The van der Waals surface area contributed by atoms with Gasteiger partial charge in [-0.25, -0.2) is 4.98 Å². The van der Waals surface area contributed by atoms with Gasteiger partial charge in [0.2, 0.25) is 5.71 Å². The number of fused-ring (bicyclic) bond motifs is 4. The number of hydrogen-bond acceptors (Lipinski definition) is 4. The Kier molecular flexibility index (Phi) is 10.1. The molecule has 0 bridgehead atoms. The summed E-state index contributed by atoms with van der Waals surface area (Å²) in [4.78, 5) is 13.7. The summed E-state index contributed by atoms with van der Waals surface area (Å²) < 4.78 is 6.15. The molecule has 0 fully saturated rings. The molecule has 4 heterocycles. The molecule has 0 spiro atoms. The van der Waals surface area contributed by atoms with Crippen molar-refractivity contribution in [1.82, 2.24) is 15.0 Å². The van der Waals surface area contributed by atoms with Gasteiger partial charge < -0.3 is 14.4 Å². The van der Waals surface area contributed by atoms with Crippen LogP contribution in [0.1, 0.15) is 27.9 Å². The van der Waals surface area contributed by atoms with Crippen molar-refractivity contribution in [2.45, 2.75) is 34.6 Å². The van der Waals surface area contributed by atoms with Crippen LogP contribution in [-0.2, 0) is 20.1 Å². The van der Waals surface area contributed by atoms with Gasteiger partial charge in [-0.15, -0.1) is 47.5 Å². The Morgan fingerprint density at radius 3 is 2.23 bits per heavy atom. The first-order chi connectivity index (χ1) is 25.3. The van der Waals surface area contributed by atoms with Crippen LogP contribution in [0.2, 0.25) is 0 Å². The largest absolute Gasteiger partial charge is 0.486 e. The van der Waals surface area contributed by atoms with Crippen molar-refractivity contribution in [2.24, 2.45) is 0 Å². The molecular formula is C48H37IrN3O-2. The van der Waals surface area contributed by atoms with E-state index in [1.165, 1.54) is 44.2 Å². The Balaban J connectivity index is 0.000000174. The Morgan fingerprint density at radius 1 is 0.585 bits per heavy atom. The number of furan rings is 1. The van der Waals surface area contributed by atoms with Gasteiger partial charge in [0, 0.05) is 43.6 Å². The maximum atomic E-state index is 6.15. The third kappa shape index (κ3) is 7.32. The molecule has 9 aromatic rings. The topological polar surface area (TPSA) is 51.8 Å². The Hall–Kier alpha value is -5.74. The van der Waals surface area contributed by atoms with Crippen LogP contribution in [-0.4, -0.2) is 15.0 Å². The summed E-state index contributed by atoms with van der Waals surface area (Å²) in [5.74, 6) is 0. The molecule has 0 unspecified atom stereocenters. The number of pyridine rings is 3. The fourth-order valence-corrected chi connectivity index (χ4v) is 6.61. The second-order valence-electron chi connectivity index (χ2n) is 13.5. The van der Waals surface area contributed by atoms with E-state index in [1.807, 2.05) is 49.6 Å². The predicted molar refractivity (Wildman–Crippen MR) is 214 cm³/mol. The molecule has 0 aliphatic rings. The van der Waals surface area contributed by atoms with Crippen LogP contribution < -0.4 is 0 Å². The summed E-state index contributed by atoms with van der Waals surface area (Å²) in [5, 5.41) is 4.52. The quantitative estimate of drug-likeness (QED) is 0.165. The van der Waals surface area contributed by atoms with Gasteiger partial charge in [-0.1, -0.05) is 107 Å². The van der Waals surface area contributed by atoms with E-state index >= 15 is 0 Å². The molecule has 0 aliphatic heterocycles. The molecule has 0 aliphatic carbocycles. The van der Waals surface area contributed by atoms with Crippen molar-refractivity contribution in [1.29, 1.82) is 0 Å². The van der Waals surface area contributed by atoms with Crippen LogP contribution in [0.25, 0.3) is 77.6 Å². The van der Waals surface area contributed by atoms with Gasteiger partial charge >= 0.3 is 0 Å². The molecule has 9 rings (SSSR count). The van der Waals surface area contributed by atoms with Crippen molar-refractivity contribution < 1.29 is 24.5 Å². The molecule has 5 aromatic carbocycles. The second kappa shape index (κ2) is 15.1. The maximum absolute atomic E-state index is 6.15. The second-order valence-corrected chi connectivity index (χ2v) is 13.5. The van der Waals surface area contributed by atoms with Crippen molar-refractivity contribution in [3.63, 3.8) is 0 Å². The standard InChI is InChI=1S/C28H19N2O.C20H18N.Ir/c1-17-6-8-19-9-10-20(15-22(19)14-17)21-12-13-29-26(16-21)25-5-3-4-23-24-11-7-18(2)30-28(24)31-27(23)25;1-14-9-10-18(20-11-15(2)16(3)13-21-20)12-19(14)17-7-5-4-6-8-17;/h3-4,6-16H,1-2H3;4-9,11-13H,1-3H3;/q2*-1;. The fourth-order valence-electron chi connectivity index (χ4n) is 6.61. The molecule has 0 N–H and O–H groups in total. The number of aryl methyl sites for hydroxylation is 5. The monoisotopic (exact) mass is 864 g/mol. The van der Waals surface area contributed by atoms with Gasteiger partial charge in [-0.05, 0) is 96.4 Å². The summed E-state index contributed by atoms with van der Waals surface area (Å²) in [6.07, 6.45) is 3.78. The van der Waals surface area contributed by atoms with Gasteiger partial charge in [0.25, 0.3) is 0 Å². The Labute approximate surface area is 324 Å². The van der Waals surface area contributed by atoms with Crippen molar-refractivity contribution in [3.05, 3.63) is 174 Å². The molecule has 4 aromatic heterocycles. The number of nitrogens with zero attached hydrogens (tertiary/aromatic N) is 3. The Bertz CT molecular complexity index is 2750. The van der Waals surface area contributed by atoms with E-state index in [4.69, 9.17) is 4.42 Å². The first-order valence-electron chi connectivity index (χ1n) is 17.5. The molecule has 0 saturated heterocycles. The molecule has 0 amide bonds. The number of hydrogen-bond donors (Lipinski definition) is 0. The van der Waals surface area contributed by atoms with E-state index in [-0.39, 0.29) is 20.1 Å². The van der Waals surface area contributed by atoms with Gasteiger partial charge in [0.1, 0.15) is 0 Å². The van der Waals surface area contributed by atoms with E-state index in [0.717, 1.165) is 55.7 Å². The molecule has 5 heteroatoms. The summed E-state index contributed by atoms with van der Waals surface area (Å²) in [6.45, 7) is 10.4. The normalized spacial score (nSPS) is 11.0. The van der Waals surface area contributed by atoms with Crippen molar-refractivity contribution in [3.8, 4) is 44.8 Å². The third-order valence-electron chi connectivity index (χ3n) is 9.67. The first-order valence-corrected chi connectivity index (χ1v) is 17.5. The zero-order chi connectivity index (χ0) is 35.8. The minimum Gasteiger partial charge on any atom is -0.486 e. The van der Waals surface area contributed by atoms with Gasteiger partial charge in [-0.3, -0.25) is 0 Å². The van der Waals surface area contributed by atoms with Crippen LogP contribution in [0.3, 0.4) is 0 Å². The Morgan fingerprint density at radius 2 is 1.40 bits per heavy atom. The van der Waals surface area contributed by atoms with Crippen LogP contribution in [0.4, 0.5) is 0 Å². The van der Waals surface area contributed by atoms with Crippen LogP contribution >= 0.6 is 0 Å². The van der Waals surface area contributed by atoms with Gasteiger partial charge in [0.05, 0.1) is 5.58 Å². The first kappa shape index (κ1) is 35.7. The molecular weight excluding hydrogens is 827 g/mol. The fraction of sp³-hybridized carbons (Fsp3) is 0.104. The van der Waals surface area contributed by atoms with Crippen molar-refractivity contribution in [2.75, 3.05) is 0 Å². The number of rotatable bonds is 4. The van der Waals surface area contributed by atoms with E-state index in [2.05, 4.69) is 146 Å². The molecule has 0 atom stereocenters. The zero-order valence-corrected chi connectivity index (χ0v) is 32.7. The summed E-state index contributed by atoms with van der Waals surface area (Å²) in [6, 6.07) is 48.8. The molecule has 261 valence electrons. The molecule has 53 heavy (non-hydrogen) atoms. The summed E-state index contributed by atoms with van der Waals surface area (Å²) in [7, 11) is 0. The zero-order valence-electron chi connectivity index (χ0n) is 30.3. The van der Waals surface area contributed by atoms with Gasteiger partial charge in [0.15, 0.2) is 0 Å². The summed E-state index contributed by atoms with van der Waals surface area (Å²) in [5.41, 5.74) is 15.8. The van der Waals surface area contributed by atoms with E-state index < -0.39 is 0 Å². The van der Waals surface area contributed by atoms with Crippen LogP contribution in [0.15, 0.2) is 138 Å². The molecule has 4 nitrogen and oxygen atoms in total. The minimum atomic E-state index is 0. The number of aromatic nitrogens is 3. The average Bonchev–Trinajstić information content (AvgIpc) is 3.54. The minimum absolute atomic E-state index is 0. The van der Waals surface area contributed by atoms with Crippen molar-refractivity contribution >= 4 is 32.8 Å². The smallest absolute Gasteiger partial charge is 0.216 e. The van der Waals surface area contributed by atoms with E-state index in [0.29, 0.717) is 5.71 Å². The third-order valence-corrected chi connectivity index (χ3v) is 9.67. The maximum Gasteiger partial charge on any atom is 0.216 e. The molecule has 0 saturated carbocycles. The SMILES string of the molecule is Cc1ccc2ccc(-c3ccnc(-c4[c-]ccc5c4oc4nc(C)ccc45)c3)cc2c1.Cc1cnc(-c2[c-]cc(C)c(-c3ccccc3)c2)cc1C.[Ir]. The van der Waals surface area contributed by atoms with Crippen LogP contribution in [0.5, 0.6) is 0 Å². The predicted octanol–water partition coefficient (Wildman–Crippen LogP) is 12.4. The molecule has 1 radical (unpaired) electrons. The van der Waals surface area contributed by atoms with E-state index in [1.54, 1.807) is 0 Å². The number of benzene rings is 5.